The first-order valence-electron chi connectivity index (χ1n) is 5.67. The zero-order chi connectivity index (χ0) is 10.5. The van der Waals surface area contributed by atoms with Gasteiger partial charge in [0.15, 0.2) is 0 Å². The fraction of sp³-hybridized carbons (Fsp3) is 0.462. The lowest BCUT2D eigenvalue weighted by Crippen LogP contribution is -2.15. The third kappa shape index (κ3) is 3.08. The van der Waals surface area contributed by atoms with Gasteiger partial charge in [0.1, 0.15) is 5.82 Å². The summed E-state index contributed by atoms with van der Waals surface area (Å²) in [5, 5.41) is 3.41. The van der Waals surface area contributed by atoms with E-state index >= 15 is 0 Å². The maximum atomic E-state index is 4.43. The molecule has 0 aromatic carbocycles. The maximum Gasteiger partial charge on any atom is 0.126 e. The molecular formula is C13H18N2. The first-order valence-corrected chi connectivity index (χ1v) is 5.67. The quantitative estimate of drug-likeness (QED) is 0.761. The molecule has 1 aromatic rings. The topological polar surface area (TPSA) is 24.9 Å². The van der Waals surface area contributed by atoms with E-state index in [0.29, 0.717) is 0 Å². The Bertz CT molecular complexity index is 344. The summed E-state index contributed by atoms with van der Waals surface area (Å²) in [4.78, 5) is 4.43. The Kier molecular flexibility index (Phi) is 3.38. The highest BCUT2D eigenvalue weighted by Gasteiger charge is 2.09. The number of anilines is 1. The zero-order valence-corrected chi connectivity index (χ0v) is 9.24. The lowest BCUT2D eigenvalue weighted by Gasteiger charge is -2.18. The van der Waals surface area contributed by atoms with Gasteiger partial charge in [0.05, 0.1) is 0 Å². The molecule has 1 aromatic heterocycles. The monoisotopic (exact) mass is 202 g/mol. The second-order valence-electron chi connectivity index (χ2n) is 4.20. The Morgan fingerprint density at radius 1 is 1.40 bits per heavy atom. The molecule has 0 saturated carbocycles. The first kappa shape index (κ1) is 10.2. The third-order valence-corrected chi connectivity index (χ3v) is 2.84. The predicted octanol–water partition coefficient (Wildman–Crippen LogP) is 3.16. The van der Waals surface area contributed by atoms with Crippen LogP contribution in [0.25, 0.3) is 0 Å². The summed E-state index contributed by atoms with van der Waals surface area (Å²) in [6, 6.07) is 6.10. The van der Waals surface area contributed by atoms with E-state index in [9.17, 15) is 0 Å². The van der Waals surface area contributed by atoms with Crippen molar-refractivity contribution >= 4 is 5.82 Å². The van der Waals surface area contributed by atoms with Crippen molar-refractivity contribution in [3.8, 4) is 0 Å². The zero-order valence-electron chi connectivity index (χ0n) is 9.24. The number of hydrogen-bond donors (Lipinski definition) is 1. The number of pyridine rings is 1. The highest BCUT2D eigenvalue weighted by Crippen LogP contribution is 2.18. The Balaban J connectivity index is 1.84. The molecule has 0 aliphatic heterocycles. The van der Waals surface area contributed by atoms with Crippen molar-refractivity contribution in [2.75, 3.05) is 11.9 Å². The maximum absolute atomic E-state index is 4.43. The van der Waals surface area contributed by atoms with Crippen LogP contribution < -0.4 is 5.32 Å². The van der Waals surface area contributed by atoms with Gasteiger partial charge in [0.25, 0.3) is 0 Å². The van der Waals surface area contributed by atoms with Crippen molar-refractivity contribution in [3.05, 3.63) is 36.0 Å². The second-order valence-corrected chi connectivity index (χ2v) is 4.20. The number of allylic oxidation sites excluding steroid dienone is 2. The molecule has 1 atom stereocenters. The molecule has 0 spiro atoms. The number of nitrogens with one attached hydrogen (secondary N) is 1. The molecule has 1 unspecified atom stereocenters. The van der Waals surface area contributed by atoms with E-state index in [-0.39, 0.29) is 0 Å². The van der Waals surface area contributed by atoms with Crippen LogP contribution in [0.1, 0.15) is 25.0 Å². The van der Waals surface area contributed by atoms with Crippen LogP contribution in [-0.4, -0.2) is 11.5 Å². The molecular weight excluding hydrogens is 184 g/mol. The average Bonchev–Trinajstić information content (AvgIpc) is 2.28. The van der Waals surface area contributed by atoms with Crippen molar-refractivity contribution in [1.82, 2.24) is 4.98 Å². The largest absolute Gasteiger partial charge is 0.370 e. The van der Waals surface area contributed by atoms with Crippen molar-refractivity contribution in [2.24, 2.45) is 5.92 Å². The molecule has 1 aliphatic carbocycles. The van der Waals surface area contributed by atoms with Crippen LogP contribution >= 0.6 is 0 Å². The summed E-state index contributed by atoms with van der Waals surface area (Å²) in [6.45, 7) is 3.06. The minimum atomic E-state index is 0.775. The summed E-state index contributed by atoms with van der Waals surface area (Å²) < 4.78 is 0. The summed E-state index contributed by atoms with van der Waals surface area (Å²) in [6.07, 6.45) is 8.31. The summed E-state index contributed by atoms with van der Waals surface area (Å²) in [5.74, 6) is 1.78. The van der Waals surface area contributed by atoms with Crippen LogP contribution in [0.15, 0.2) is 30.4 Å². The normalized spacial score (nSPS) is 20.2. The van der Waals surface area contributed by atoms with Gasteiger partial charge in [0, 0.05) is 12.2 Å². The van der Waals surface area contributed by atoms with Crippen molar-refractivity contribution < 1.29 is 0 Å². The van der Waals surface area contributed by atoms with Gasteiger partial charge in [-0.2, -0.15) is 0 Å². The van der Waals surface area contributed by atoms with Crippen LogP contribution in [0.2, 0.25) is 0 Å². The lowest BCUT2D eigenvalue weighted by atomic mass is 9.94. The standard InChI is InChI=1S/C13H18N2/c1-11-6-5-9-13(15-11)14-10-12-7-3-2-4-8-12/h2-3,5-6,9,12H,4,7-8,10H2,1H3,(H,14,15). The molecule has 2 nitrogen and oxygen atoms in total. The van der Waals surface area contributed by atoms with Crippen LogP contribution in [-0.2, 0) is 0 Å². The lowest BCUT2D eigenvalue weighted by molar-refractivity contribution is 0.503. The minimum absolute atomic E-state index is 0.775. The summed E-state index contributed by atoms with van der Waals surface area (Å²) in [5.41, 5.74) is 1.07. The van der Waals surface area contributed by atoms with Gasteiger partial charge in [-0.15, -0.1) is 0 Å². The van der Waals surface area contributed by atoms with Gasteiger partial charge in [-0.1, -0.05) is 18.2 Å². The number of aryl methyl sites for hydroxylation is 1. The molecule has 0 radical (unpaired) electrons. The molecule has 2 rings (SSSR count). The van der Waals surface area contributed by atoms with Crippen molar-refractivity contribution in [2.45, 2.75) is 26.2 Å². The van der Waals surface area contributed by atoms with Gasteiger partial charge in [0.2, 0.25) is 0 Å². The molecule has 0 amide bonds. The molecule has 1 heterocycles. The highest BCUT2D eigenvalue weighted by molar-refractivity contribution is 5.35. The molecule has 15 heavy (non-hydrogen) atoms. The minimum Gasteiger partial charge on any atom is -0.370 e. The summed E-state index contributed by atoms with van der Waals surface area (Å²) >= 11 is 0. The average molecular weight is 202 g/mol. The first-order chi connectivity index (χ1) is 7.34. The molecule has 0 saturated heterocycles. The third-order valence-electron chi connectivity index (χ3n) is 2.84. The van der Waals surface area contributed by atoms with E-state index in [1.54, 1.807) is 0 Å². The number of rotatable bonds is 3. The predicted molar refractivity (Wildman–Crippen MR) is 63.9 cm³/mol. The van der Waals surface area contributed by atoms with Gasteiger partial charge in [-0.25, -0.2) is 4.98 Å². The van der Waals surface area contributed by atoms with E-state index in [2.05, 4.69) is 22.5 Å². The van der Waals surface area contributed by atoms with Gasteiger partial charge in [-0.3, -0.25) is 0 Å². The SMILES string of the molecule is Cc1cccc(NCC2CC=CCC2)n1. The van der Waals surface area contributed by atoms with E-state index < -0.39 is 0 Å². The smallest absolute Gasteiger partial charge is 0.126 e. The van der Waals surface area contributed by atoms with Crippen LogP contribution in [0, 0.1) is 12.8 Å². The second kappa shape index (κ2) is 4.96. The number of aromatic nitrogens is 1. The summed E-state index contributed by atoms with van der Waals surface area (Å²) in [7, 11) is 0. The van der Waals surface area contributed by atoms with Crippen molar-refractivity contribution in [3.63, 3.8) is 0 Å². The van der Waals surface area contributed by atoms with Gasteiger partial charge < -0.3 is 5.32 Å². The van der Waals surface area contributed by atoms with E-state index in [1.807, 2.05) is 25.1 Å². The van der Waals surface area contributed by atoms with E-state index in [0.717, 1.165) is 24.0 Å². The van der Waals surface area contributed by atoms with Crippen LogP contribution in [0.3, 0.4) is 0 Å². The van der Waals surface area contributed by atoms with Crippen LogP contribution in [0.5, 0.6) is 0 Å². The Labute approximate surface area is 91.4 Å². The Morgan fingerprint density at radius 3 is 3.07 bits per heavy atom. The molecule has 80 valence electrons. The Morgan fingerprint density at radius 2 is 2.33 bits per heavy atom. The highest BCUT2D eigenvalue weighted by atomic mass is 15.0. The molecule has 1 aliphatic rings. The fourth-order valence-corrected chi connectivity index (χ4v) is 1.93. The molecule has 0 bridgehead atoms. The fourth-order valence-electron chi connectivity index (χ4n) is 1.93. The molecule has 1 N–H and O–H groups in total. The van der Waals surface area contributed by atoms with E-state index in [4.69, 9.17) is 0 Å². The van der Waals surface area contributed by atoms with Crippen molar-refractivity contribution in [1.29, 1.82) is 0 Å². The number of hydrogen-bond acceptors (Lipinski definition) is 2. The van der Waals surface area contributed by atoms with Gasteiger partial charge >= 0.3 is 0 Å². The molecule has 0 fully saturated rings. The Hall–Kier alpha value is -1.31. The van der Waals surface area contributed by atoms with Crippen LogP contribution in [0.4, 0.5) is 5.82 Å². The number of nitrogens with zero attached hydrogens (tertiary/aromatic N) is 1. The van der Waals surface area contributed by atoms with E-state index in [1.165, 1.54) is 19.3 Å². The molecule has 2 heteroatoms. The van der Waals surface area contributed by atoms with Gasteiger partial charge in [-0.05, 0) is 44.2 Å².